The van der Waals surface area contributed by atoms with E-state index in [0.29, 0.717) is 10.9 Å². The molecule has 1 aromatic carbocycles. The van der Waals surface area contributed by atoms with Gasteiger partial charge in [-0.05, 0) is 31.0 Å². The van der Waals surface area contributed by atoms with Crippen molar-refractivity contribution >= 4 is 50.0 Å². The second-order valence-corrected chi connectivity index (χ2v) is 10.0. The molecule has 0 spiro atoms. The van der Waals surface area contributed by atoms with Gasteiger partial charge in [-0.2, -0.15) is 4.99 Å². The predicted octanol–water partition coefficient (Wildman–Crippen LogP) is 2.49. The number of carbonyl (C=O) groups excluding carboxylic acids is 1. The fourth-order valence-corrected chi connectivity index (χ4v) is 7.11. The number of anilines is 1. The van der Waals surface area contributed by atoms with Gasteiger partial charge in [0, 0.05) is 16.9 Å². The van der Waals surface area contributed by atoms with Crippen molar-refractivity contribution in [2.75, 3.05) is 16.4 Å². The monoisotopic (exact) mass is 388 g/mol. The summed E-state index contributed by atoms with van der Waals surface area (Å²) in [5, 5.41) is 0.263. The molecule has 0 aromatic heterocycles. The molecule has 2 atom stereocenters. The molecule has 0 N–H and O–H groups in total. The van der Waals surface area contributed by atoms with E-state index in [1.807, 2.05) is 0 Å². The van der Waals surface area contributed by atoms with Crippen molar-refractivity contribution in [2.45, 2.75) is 24.1 Å². The first-order valence-corrected chi connectivity index (χ1v) is 10.7. The van der Waals surface area contributed by atoms with Crippen LogP contribution in [-0.2, 0) is 14.6 Å². The third-order valence-electron chi connectivity index (χ3n) is 4.38. The summed E-state index contributed by atoms with van der Waals surface area (Å²) in [6.07, 6.45) is 1.70. The first-order valence-electron chi connectivity index (χ1n) is 7.58. The van der Waals surface area contributed by atoms with Gasteiger partial charge in [0.25, 0.3) is 5.91 Å². The second-order valence-electron chi connectivity index (χ2n) is 6.28. The summed E-state index contributed by atoms with van der Waals surface area (Å²) < 4.78 is 37.4. The average molecular weight is 389 g/mol. The SMILES string of the molecule is O=C(N=C1S[C@H]2CS(=O)(=O)C[C@@H]2N1c1ccc(F)c(Cl)c1)C1CC1. The van der Waals surface area contributed by atoms with Crippen LogP contribution in [0, 0.1) is 11.7 Å². The lowest BCUT2D eigenvalue weighted by molar-refractivity contribution is -0.118. The van der Waals surface area contributed by atoms with Gasteiger partial charge in [-0.3, -0.25) is 4.79 Å². The lowest BCUT2D eigenvalue weighted by Gasteiger charge is -2.24. The number of hydrogen-bond donors (Lipinski definition) is 0. The number of thioether (sulfide) groups is 1. The van der Waals surface area contributed by atoms with E-state index >= 15 is 0 Å². The summed E-state index contributed by atoms with van der Waals surface area (Å²) >= 11 is 7.18. The first kappa shape index (κ1) is 16.4. The molecule has 1 saturated carbocycles. The summed E-state index contributed by atoms with van der Waals surface area (Å²) in [5.41, 5.74) is 0.556. The van der Waals surface area contributed by atoms with Crippen molar-refractivity contribution in [3.05, 3.63) is 29.0 Å². The van der Waals surface area contributed by atoms with Crippen LogP contribution < -0.4 is 4.90 Å². The van der Waals surface area contributed by atoms with E-state index < -0.39 is 15.7 Å². The van der Waals surface area contributed by atoms with E-state index in [-0.39, 0.29) is 39.6 Å². The minimum absolute atomic E-state index is 0.00367. The predicted molar refractivity (Wildman–Crippen MR) is 92.9 cm³/mol. The van der Waals surface area contributed by atoms with Crippen LogP contribution in [0.25, 0.3) is 0 Å². The van der Waals surface area contributed by atoms with E-state index in [2.05, 4.69) is 4.99 Å². The fourth-order valence-electron chi connectivity index (χ4n) is 3.02. The van der Waals surface area contributed by atoms with E-state index in [4.69, 9.17) is 11.6 Å². The highest BCUT2D eigenvalue weighted by molar-refractivity contribution is 8.16. The number of amidine groups is 1. The molecule has 0 radical (unpaired) electrons. The van der Waals surface area contributed by atoms with E-state index in [1.54, 1.807) is 4.90 Å². The second kappa shape index (κ2) is 5.71. The molecule has 0 unspecified atom stereocenters. The van der Waals surface area contributed by atoms with E-state index in [9.17, 15) is 17.6 Å². The molecule has 1 aliphatic carbocycles. The van der Waals surface area contributed by atoms with Gasteiger partial charge in [-0.25, -0.2) is 12.8 Å². The lowest BCUT2D eigenvalue weighted by atomic mass is 10.2. The van der Waals surface area contributed by atoms with Gasteiger partial charge < -0.3 is 4.90 Å². The number of nitrogens with zero attached hydrogens (tertiary/aromatic N) is 2. The summed E-state index contributed by atoms with van der Waals surface area (Å²) in [6.45, 7) is 0. The first-order chi connectivity index (χ1) is 11.3. The Kier molecular flexibility index (Phi) is 3.89. The van der Waals surface area contributed by atoms with Gasteiger partial charge in [0.2, 0.25) is 0 Å². The van der Waals surface area contributed by atoms with Gasteiger partial charge in [-0.15, -0.1) is 0 Å². The lowest BCUT2D eigenvalue weighted by Crippen LogP contribution is -2.37. The highest BCUT2D eigenvalue weighted by Gasteiger charge is 2.49. The van der Waals surface area contributed by atoms with Gasteiger partial charge in [0.15, 0.2) is 15.0 Å². The molecule has 2 heterocycles. The van der Waals surface area contributed by atoms with Crippen LogP contribution in [-0.4, -0.2) is 42.3 Å². The number of carbonyl (C=O) groups is 1. The Morgan fingerprint density at radius 1 is 1.33 bits per heavy atom. The number of halogens is 2. The maximum atomic E-state index is 13.5. The van der Waals surface area contributed by atoms with Crippen molar-refractivity contribution in [1.82, 2.24) is 0 Å². The Morgan fingerprint density at radius 2 is 2.08 bits per heavy atom. The molecule has 1 amide bonds. The van der Waals surface area contributed by atoms with Crippen LogP contribution >= 0.6 is 23.4 Å². The number of hydrogen-bond acceptors (Lipinski definition) is 4. The van der Waals surface area contributed by atoms with Crippen molar-refractivity contribution in [3.8, 4) is 0 Å². The van der Waals surface area contributed by atoms with Crippen LogP contribution in [0.2, 0.25) is 5.02 Å². The van der Waals surface area contributed by atoms with Gasteiger partial charge in [0.05, 0.1) is 22.6 Å². The zero-order chi connectivity index (χ0) is 17.1. The number of aliphatic imine (C=N–C) groups is 1. The van der Waals surface area contributed by atoms with Gasteiger partial charge in [-0.1, -0.05) is 23.4 Å². The summed E-state index contributed by atoms with van der Waals surface area (Å²) in [4.78, 5) is 18.0. The maximum Gasteiger partial charge on any atom is 0.251 e. The molecular weight excluding hydrogens is 375 g/mol. The van der Waals surface area contributed by atoms with Gasteiger partial charge >= 0.3 is 0 Å². The molecule has 3 aliphatic rings. The molecule has 128 valence electrons. The number of benzene rings is 1. The molecular formula is C15H14ClFN2O3S2. The van der Waals surface area contributed by atoms with E-state index in [1.165, 1.54) is 30.0 Å². The standard InChI is InChI=1S/C15H14ClFN2O3S2/c16-10-5-9(3-4-11(10)17)19-12-6-24(21,22)7-13(12)23-15(19)18-14(20)8-1-2-8/h3-5,8,12-13H,1-2,6-7H2/t12-,13-/m0/s1. The Morgan fingerprint density at radius 3 is 2.75 bits per heavy atom. The number of sulfone groups is 1. The summed E-state index contributed by atoms with van der Waals surface area (Å²) in [6, 6.07) is 3.90. The zero-order valence-corrected chi connectivity index (χ0v) is 14.9. The van der Waals surface area contributed by atoms with Crippen molar-refractivity contribution in [3.63, 3.8) is 0 Å². The van der Waals surface area contributed by atoms with Crippen LogP contribution in [0.4, 0.5) is 10.1 Å². The molecule has 24 heavy (non-hydrogen) atoms. The molecule has 0 bridgehead atoms. The van der Waals surface area contributed by atoms with Crippen LogP contribution in [0.1, 0.15) is 12.8 Å². The smallest absolute Gasteiger partial charge is 0.251 e. The number of rotatable bonds is 2. The molecule has 3 fully saturated rings. The van der Waals surface area contributed by atoms with Crippen molar-refractivity contribution < 1.29 is 17.6 Å². The minimum Gasteiger partial charge on any atom is -0.316 e. The Labute approximate surface area is 148 Å². The topological polar surface area (TPSA) is 66.8 Å². The van der Waals surface area contributed by atoms with E-state index in [0.717, 1.165) is 12.8 Å². The number of fused-ring (bicyclic) bond motifs is 1. The van der Waals surface area contributed by atoms with Crippen LogP contribution in [0.5, 0.6) is 0 Å². The maximum absolute atomic E-state index is 13.5. The molecule has 1 aromatic rings. The van der Waals surface area contributed by atoms with Crippen LogP contribution in [0.3, 0.4) is 0 Å². The Hall–Kier alpha value is -1.12. The average Bonchev–Trinajstić information content (AvgIpc) is 3.23. The largest absolute Gasteiger partial charge is 0.316 e. The Bertz CT molecular complexity index is 854. The third kappa shape index (κ3) is 2.95. The highest BCUT2D eigenvalue weighted by atomic mass is 35.5. The number of amides is 1. The third-order valence-corrected chi connectivity index (χ3v) is 7.88. The van der Waals surface area contributed by atoms with Crippen molar-refractivity contribution in [1.29, 1.82) is 0 Å². The summed E-state index contributed by atoms with van der Waals surface area (Å²) in [5.74, 6) is -0.671. The normalized spacial score (nSPS) is 29.9. The highest BCUT2D eigenvalue weighted by Crippen LogP contribution is 2.42. The zero-order valence-electron chi connectivity index (χ0n) is 12.5. The summed E-state index contributed by atoms with van der Waals surface area (Å²) in [7, 11) is -3.13. The van der Waals surface area contributed by atoms with Crippen LogP contribution in [0.15, 0.2) is 23.2 Å². The van der Waals surface area contributed by atoms with Gasteiger partial charge in [0.1, 0.15) is 5.82 Å². The quantitative estimate of drug-likeness (QED) is 0.778. The molecule has 9 heteroatoms. The molecule has 2 saturated heterocycles. The minimum atomic E-state index is -3.13. The van der Waals surface area contributed by atoms with Crippen molar-refractivity contribution in [2.24, 2.45) is 10.9 Å². The molecule has 4 rings (SSSR count). The Balaban J connectivity index is 1.74. The fraction of sp³-hybridized carbons (Fsp3) is 0.467. The molecule has 2 aliphatic heterocycles. The molecule has 5 nitrogen and oxygen atoms in total.